The fraction of sp³-hybridized carbons (Fsp3) is 0.200. The summed E-state index contributed by atoms with van der Waals surface area (Å²) >= 11 is 0. The molecular weight excluding hydrogens is 282 g/mol. The first-order chi connectivity index (χ1) is 10.8. The van der Waals surface area contributed by atoms with Gasteiger partial charge in [-0.05, 0) is 31.0 Å². The van der Waals surface area contributed by atoms with Crippen LogP contribution in [-0.4, -0.2) is 26.2 Å². The van der Waals surface area contributed by atoms with Gasteiger partial charge in [-0.15, -0.1) is 0 Å². The van der Waals surface area contributed by atoms with E-state index >= 15 is 0 Å². The number of amides is 1. The molecule has 1 amide bonds. The molecule has 1 aromatic carbocycles. The fourth-order valence-corrected chi connectivity index (χ4v) is 2.15. The van der Waals surface area contributed by atoms with Crippen molar-refractivity contribution in [3.63, 3.8) is 0 Å². The van der Waals surface area contributed by atoms with Crippen molar-refractivity contribution in [1.29, 1.82) is 0 Å². The van der Waals surface area contributed by atoms with E-state index in [2.05, 4.69) is 25.7 Å². The lowest BCUT2D eigenvalue weighted by Crippen LogP contribution is -2.13. The highest BCUT2D eigenvalue weighted by Gasteiger charge is 2.29. The Labute approximate surface area is 125 Å². The predicted molar refractivity (Wildman–Crippen MR) is 78.7 cm³/mol. The van der Waals surface area contributed by atoms with Gasteiger partial charge in [0.2, 0.25) is 11.7 Å². The number of carbonyl (C=O) groups excluding carboxylic acids is 1. The maximum absolute atomic E-state index is 11.8. The van der Waals surface area contributed by atoms with Gasteiger partial charge in [-0.25, -0.2) is 0 Å². The van der Waals surface area contributed by atoms with Crippen molar-refractivity contribution in [1.82, 2.24) is 20.3 Å². The molecule has 1 aliphatic carbocycles. The van der Waals surface area contributed by atoms with E-state index in [9.17, 15) is 4.79 Å². The van der Waals surface area contributed by atoms with Crippen LogP contribution in [0.5, 0.6) is 0 Å². The SMILES string of the molecule is O=C(Nc1cccc(-c2noc(-c3ccn[nH]3)n2)c1)C1CC1. The van der Waals surface area contributed by atoms with Crippen molar-refractivity contribution in [3.05, 3.63) is 36.5 Å². The summed E-state index contributed by atoms with van der Waals surface area (Å²) in [6.45, 7) is 0. The Morgan fingerprint density at radius 1 is 1.32 bits per heavy atom. The van der Waals surface area contributed by atoms with E-state index in [0.717, 1.165) is 24.1 Å². The van der Waals surface area contributed by atoms with Crippen LogP contribution in [0.3, 0.4) is 0 Å². The fourth-order valence-electron chi connectivity index (χ4n) is 2.15. The predicted octanol–water partition coefficient (Wildman–Crippen LogP) is 2.48. The number of hydrogen-bond acceptors (Lipinski definition) is 5. The van der Waals surface area contributed by atoms with E-state index in [1.54, 1.807) is 12.3 Å². The minimum Gasteiger partial charge on any atom is -0.332 e. The van der Waals surface area contributed by atoms with E-state index < -0.39 is 0 Å². The number of hydrogen-bond donors (Lipinski definition) is 2. The Bertz CT molecular complexity index is 805. The maximum Gasteiger partial charge on any atom is 0.276 e. The molecule has 1 aliphatic rings. The number of aromatic nitrogens is 4. The smallest absolute Gasteiger partial charge is 0.276 e. The molecule has 2 heterocycles. The van der Waals surface area contributed by atoms with Crippen LogP contribution in [0.1, 0.15) is 12.8 Å². The lowest BCUT2D eigenvalue weighted by molar-refractivity contribution is -0.117. The molecule has 110 valence electrons. The van der Waals surface area contributed by atoms with Gasteiger partial charge in [-0.2, -0.15) is 10.1 Å². The zero-order valence-corrected chi connectivity index (χ0v) is 11.6. The van der Waals surface area contributed by atoms with Crippen LogP contribution in [0.2, 0.25) is 0 Å². The van der Waals surface area contributed by atoms with E-state index in [0.29, 0.717) is 17.4 Å². The summed E-state index contributed by atoms with van der Waals surface area (Å²) in [6, 6.07) is 9.16. The first-order valence-corrected chi connectivity index (χ1v) is 7.04. The number of aromatic amines is 1. The lowest BCUT2D eigenvalue weighted by atomic mass is 10.2. The number of nitrogens with zero attached hydrogens (tertiary/aromatic N) is 3. The molecule has 0 unspecified atom stereocenters. The monoisotopic (exact) mass is 295 g/mol. The second-order valence-electron chi connectivity index (χ2n) is 5.24. The Hall–Kier alpha value is -2.96. The number of rotatable bonds is 4. The topological polar surface area (TPSA) is 96.7 Å². The highest BCUT2D eigenvalue weighted by Crippen LogP contribution is 2.30. The quantitative estimate of drug-likeness (QED) is 0.770. The Morgan fingerprint density at radius 2 is 2.23 bits per heavy atom. The largest absolute Gasteiger partial charge is 0.332 e. The molecule has 2 N–H and O–H groups in total. The Balaban J connectivity index is 1.58. The molecule has 22 heavy (non-hydrogen) atoms. The van der Waals surface area contributed by atoms with Crippen molar-refractivity contribution in [2.45, 2.75) is 12.8 Å². The molecule has 1 fully saturated rings. The average Bonchev–Trinajstić information content (AvgIpc) is 3.04. The second-order valence-corrected chi connectivity index (χ2v) is 5.24. The third-order valence-corrected chi connectivity index (χ3v) is 3.49. The van der Waals surface area contributed by atoms with Gasteiger partial charge in [0.25, 0.3) is 5.89 Å². The molecule has 7 heteroatoms. The summed E-state index contributed by atoms with van der Waals surface area (Å²) in [7, 11) is 0. The number of benzene rings is 1. The summed E-state index contributed by atoms with van der Waals surface area (Å²) in [4.78, 5) is 16.1. The third kappa shape index (κ3) is 2.48. The summed E-state index contributed by atoms with van der Waals surface area (Å²) in [6.07, 6.45) is 3.57. The molecule has 0 spiro atoms. The lowest BCUT2D eigenvalue weighted by Gasteiger charge is -2.04. The molecule has 0 atom stereocenters. The van der Waals surface area contributed by atoms with Gasteiger partial charge >= 0.3 is 0 Å². The highest BCUT2D eigenvalue weighted by molar-refractivity contribution is 5.94. The number of anilines is 1. The molecule has 0 bridgehead atoms. The molecule has 0 radical (unpaired) electrons. The van der Waals surface area contributed by atoms with Gasteiger partial charge in [-0.1, -0.05) is 17.3 Å². The standard InChI is InChI=1S/C15H13N5O2/c21-14(9-4-5-9)17-11-3-1-2-10(8-11)13-18-15(22-20-13)12-6-7-16-19-12/h1-3,6-9H,4-5H2,(H,16,19)(H,17,21). The van der Waals surface area contributed by atoms with Crippen LogP contribution in [0.4, 0.5) is 5.69 Å². The van der Waals surface area contributed by atoms with Gasteiger partial charge in [0, 0.05) is 23.4 Å². The number of nitrogens with one attached hydrogen (secondary N) is 2. The van der Waals surface area contributed by atoms with Crippen molar-refractivity contribution in [3.8, 4) is 23.0 Å². The van der Waals surface area contributed by atoms with Crippen LogP contribution in [0.25, 0.3) is 23.0 Å². The minimum absolute atomic E-state index is 0.0726. The molecule has 4 rings (SSSR count). The summed E-state index contributed by atoms with van der Waals surface area (Å²) in [5, 5.41) is 13.5. The maximum atomic E-state index is 11.8. The van der Waals surface area contributed by atoms with E-state index in [4.69, 9.17) is 4.52 Å². The van der Waals surface area contributed by atoms with Crippen molar-refractivity contribution < 1.29 is 9.32 Å². The first-order valence-electron chi connectivity index (χ1n) is 7.04. The molecule has 0 saturated heterocycles. The van der Waals surface area contributed by atoms with Crippen LogP contribution < -0.4 is 5.32 Å². The zero-order chi connectivity index (χ0) is 14.9. The van der Waals surface area contributed by atoms with Crippen LogP contribution >= 0.6 is 0 Å². The van der Waals surface area contributed by atoms with Crippen LogP contribution in [0, 0.1) is 5.92 Å². The van der Waals surface area contributed by atoms with Crippen molar-refractivity contribution in [2.24, 2.45) is 5.92 Å². The number of carbonyl (C=O) groups is 1. The molecule has 7 nitrogen and oxygen atoms in total. The van der Waals surface area contributed by atoms with Gasteiger partial charge in [0.05, 0.1) is 0 Å². The van der Waals surface area contributed by atoms with E-state index in [1.165, 1.54) is 0 Å². The number of H-pyrrole nitrogens is 1. The summed E-state index contributed by atoms with van der Waals surface area (Å²) < 4.78 is 5.21. The minimum atomic E-state index is 0.0726. The van der Waals surface area contributed by atoms with Crippen LogP contribution in [0.15, 0.2) is 41.1 Å². The average molecular weight is 295 g/mol. The van der Waals surface area contributed by atoms with E-state index in [-0.39, 0.29) is 11.8 Å². The molecule has 2 aromatic heterocycles. The summed E-state index contributed by atoms with van der Waals surface area (Å²) in [5.41, 5.74) is 2.18. The van der Waals surface area contributed by atoms with Crippen molar-refractivity contribution >= 4 is 11.6 Å². The normalized spacial score (nSPS) is 14.0. The summed E-state index contributed by atoms with van der Waals surface area (Å²) in [5.74, 6) is 1.08. The highest BCUT2D eigenvalue weighted by atomic mass is 16.5. The molecule has 1 saturated carbocycles. The van der Waals surface area contributed by atoms with Crippen LogP contribution in [-0.2, 0) is 4.79 Å². The Morgan fingerprint density at radius 3 is 3.00 bits per heavy atom. The van der Waals surface area contributed by atoms with E-state index in [1.807, 2.05) is 24.3 Å². The molecular formula is C15H13N5O2. The molecule has 3 aromatic rings. The molecule has 0 aliphatic heterocycles. The second kappa shape index (κ2) is 5.10. The van der Waals surface area contributed by atoms with Crippen molar-refractivity contribution in [2.75, 3.05) is 5.32 Å². The van der Waals surface area contributed by atoms with Gasteiger partial charge < -0.3 is 9.84 Å². The van der Waals surface area contributed by atoms with Gasteiger partial charge in [-0.3, -0.25) is 9.89 Å². The van der Waals surface area contributed by atoms with Gasteiger partial charge in [0.1, 0.15) is 5.69 Å². The Kier molecular flexibility index (Phi) is 2.96. The zero-order valence-electron chi connectivity index (χ0n) is 11.6. The first kappa shape index (κ1) is 12.8. The van der Waals surface area contributed by atoms with Gasteiger partial charge in [0.15, 0.2) is 0 Å². The third-order valence-electron chi connectivity index (χ3n) is 3.49.